The second-order valence-corrected chi connectivity index (χ2v) is 6.41. The lowest BCUT2D eigenvalue weighted by Gasteiger charge is -2.22. The summed E-state index contributed by atoms with van der Waals surface area (Å²) in [6.07, 6.45) is 2.17. The largest absolute Gasteiger partial charge is 0.409 e. The maximum atomic E-state index is 8.92. The van der Waals surface area contributed by atoms with Crippen LogP contribution in [-0.4, -0.2) is 29.5 Å². The van der Waals surface area contributed by atoms with Crippen LogP contribution in [-0.2, 0) is 4.74 Å². The van der Waals surface area contributed by atoms with Crippen molar-refractivity contribution in [1.82, 2.24) is 0 Å². The average Bonchev–Trinajstić information content (AvgIpc) is 2.55. The first kappa shape index (κ1) is 14.2. The Morgan fingerprint density at radius 2 is 1.86 bits per heavy atom. The molecule has 2 aromatic carbocycles. The molecule has 0 amide bonds. The first-order valence-electron chi connectivity index (χ1n) is 7.03. The van der Waals surface area contributed by atoms with Gasteiger partial charge in [0.1, 0.15) is 0 Å². The van der Waals surface area contributed by atoms with Crippen molar-refractivity contribution < 1.29 is 9.94 Å². The second-order valence-electron chi connectivity index (χ2n) is 5.07. The predicted octanol–water partition coefficient (Wildman–Crippen LogP) is 3.21. The topological polar surface area (TPSA) is 67.8 Å². The zero-order valence-corrected chi connectivity index (χ0v) is 12.5. The number of hydrogen-bond donors (Lipinski definition) is 2. The van der Waals surface area contributed by atoms with Crippen molar-refractivity contribution in [3.63, 3.8) is 0 Å². The van der Waals surface area contributed by atoms with Crippen LogP contribution in [0, 0.1) is 0 Å². The Balaban J connectivity index is 2.00. The summed E-state index contributed by atoms with van der Waals surface area (Å²) in [6, 6.07) is 12.1. The summed E-state index contributed by atoms with van der Waals surface area (Å²) in [7, 11) is 0. The third kappa shape index (κ3) is 2.99. The normalized spacial score (nSPS) is 17.2. The SMILES string of the molecule is N/C(=N/O)c1ccc(SC2CCOCC2)c2ccccc12. The van der Waals surface area contributed by atoms with Gasteiger partial charge < -0.3 is 15.7 Å². The van der Waals surface area contributed by atoms with E-state index in [2.05, 4.69) is 17.3 Å². The highest BCUT2D eigenvalue weighted by Gasteiger charge is 2.17. The highest BCUT2D eigenvalue weighted by Crippen LogP contribution is 2.35. The van der Waals surface area contributed by atoms with E-state index in [1.165, 1.54) is 4.90 Å². The Hall–Kier alpha value is -1.72. The van der Waals surface area contributed by atoms with Gasteiger partial charge in [0.15, 0.2) is 5.84 Å². The molecule has 3 rings (SSSR count). The first-order chi connectivity index (χ1) is 10.3. The number of ether oxygens (including phenoxy) is 1. The van der Waals surface area contributed by atoms with Crippen molar-refractivity contribution in [2.45, 2.75) is 23.0 Å². The maximum absolute atomic E-state index is 8.92. The molecule has 21 heavy (non-hydrogen) atoms. The maximum Gasteiger partial charge on any atom is 0.170 e. The Kier molecular flexibility index (Phi) is 4.31. The van der Waals surface area contributed by atoms with Crippen LogP contribution in [0.1, 0.15) is 18.4 Å². The third-order valence-electron chi connectivity index (χ3n) is 3.73. The molecule has 0 bridgehead atoms. The fourth-order valence-corrected chi connectivity index (χ4v) is 3.86. The van der Waals surface area contributed by atoms with E-state index in [0.717, 1.165) is 42.4 Å². The molecular weight excluding hydrogens is 284 g/mol. The van der Waals surface area contributed by atoms with E-state index in [-0.39, 0.29) is 5.84 Å². The number of fused-ring (bicyclic) bond motifs is 1. The van der Waals surface area contributed by atoms with Crippen LogP contribution in [0.4, 0.5) is 0 Å². The van der Waals surface area contributed by atoms with Crippen LogP contribution in [0.5, 0.6) is 0 Å². The van der Waals surface area contributed by atoms with E-state index >= 15 is 0 Å². The molecule has 0 radical (unpaired) electrons. The van der Waals surface area contributed by atoms with Crippen LogP contribution in [0.15, 0.2) is 46.4 Å². The smallest absolute Gasteiger partial charge is 0.170 e. The number of nitrogens with zero attached hydrogens (tertiary/aromatic N) is 1. The van der Waals surface area contributed by atoms with Gasteiger partial charge in [0.25, 0.3) is 0 Å². The highest BCUT2D eigenvalue weighted by atomic mass is 32.2. The standard InChI is InChI=1S/C16H18N2O2S/c17-16(18-19)14-5-6-15(13-4-2-1-3-12(13)14)21-11-7-9-20-10-8-11/h1-6,11,19H,7-10H2,(H2,17,18). The summed E-state index contributed by atoms with van der Waals surface area (Å²) in [5.41, 5.74) is 6.54. The third-order valence-corrected chi connectivity index (χ3v) is 5.14. The molecule has 1 aliphatic rings. The van der Waals surface area contributed by atoms with Gasteiger partial charge in [0.05, 0.1) is 0 Å². The number of oxime groups is 1. The van der Waals surface area contributed by atoms with Gasteiger partial charge in [-0.15, -0.1) is 11.8 Å². The molecule has 5 heteroatoms. The summed E-state index contributed by atoms with van der Waals surface area (Å²) in [4.78, 5) is 1.24. The Bertz CT molecular complexity index is 666. The zero-order valence-electron chi connectivity index (χ0n) is 11.7. The van der Waals surface area contributed by atoms with Gasteiger partial charge in [0.2, 0.25) is 0 Å². The molecule has 0 atom stereocenters. The zero-order chi connectivity index (χ0) is 14.7. The lowest BCUT2D eigenvalue weighted by molar-refractivity contribution is 0.100. The molecule has 3 N–H and O–H groups in total. The van der Waals surface area contributed by atoms with Crippen LogP contribution >= 0.6 is 11.8 Å². The summed E-state index contributed by atoms with van der Waals surface area (Å²) in [5.74, 6) is 0.147. The van der Waals surface area contributed by atoms with E-state index in [1.807, 2.05) is 36.0 Å². The lowest BCUT2D eigenvalue weighted by atomic mass is 10.0. The summed E-state index contributed by atoms with van der Waals surface area (Å²) in [5, 5.41) is 14.8. The molecule has 4 nitrogen and oxygen atoms in total. The van der Waals surface area contributed by atoms with Crippen molar-refractivity contribution in [1.29, 1.82) is 0 Å². The van der Waals surface area contributed by atoms with Crippen molar-refractivity contribution in [3.8, 4) is 0 Å². The molecular formula is C16H18N2O2S. The quantitative estimate of drug-likeness (QED) is 0.395. The number of nitrogens with two attached hydrogens (primary N) is 1. The monoisotopic (exact) mass is 302 g/mol. The number of amidine groups is 1. The molecule has 1 heterocycles. The molecule has 2 aromatic rings. The molecule has 1 saturated heterocycles. The summed E-state index contributed by atoms with van der Waals surface area (Å²) in [6.45, 7) is 1.69. The molecule has 1 fully saturated rings. The van der Waals surface area contributed by atoms with Gasteiger partial charge >= 0.3 is 0 Å². The molecule has 0 saturated carbocycles. The molecule has 0 aliphatic carbocycles. The van der Waals surface area contributed by atoms with Gasteiger partial charge in [0, 0.05) is 28.9 Å². The van der Waals surface area contributed by atoms with Gasteiger partial charge in [-0.3, -0.25) is 0 Å². The fourth-order valence-electron chi connectivity index (χ4n) is 2.62. The molecule has 0 spiro atoms. The van der Waals surface area contributed by atoms with E-state index in [1.54, 1.807) is 0 Å². The van der Waals surface area contributed by atoms with Crippen LogP contribution in [0.25, 0.3) is 10.8 Å². The molecule has 1 aliphatic heterocycles. The van der Waals surface area contributed by atoms with Gasteiger partial charge in [-0.1, -0.05) is 29.4 Å². The Morgan fingerprint density at radius 3 is 2.57 bits per heavy atom. The lowest BCUT2D eigenvalue weighted by Crippen LogP contribution is -2.17. The van der Waals surface area contributed by atoms with E-state index in [0.29, 0.717) is 5.25 Å². The van der Waals surface area contributed by atoms with Crippen LogP contribution < -0.4 is 5.73 Å². The average molecular weight is 302 g/mol. The van der Waals surface area contributed by atoms with E-state index < -0.39 is 0 Å². The van der Waals surface area contributed by atoms with E-state index in [4.69, 9.17) is 15.7 Å². The molecule has 110 valence electrons. The Morgan fingerprint density at radius 1 is 1.14 bits per heavy atom. The van der Waals surface area contributed by atoms with Crippen molar-refractivity contribution in [2.75, 3.05) is 13.2 Å². The number of hydrogen-bond acceptors (Lipinski definition) is 4. The highest BCUT2D eigenvalue weighted by molar-refractivity contribution is 8.00. The first-order valence-corrected chi connectivity index (χ1v) is 7.91. The Labute approximate surface area is 128 Å². The van der Waals surface area contributed by atoms with E-state index in [9.17, 15) is 0 Å². The minimum atomic E-state index is 0.147. The summed E-state index contributed by atoms with van der Waals surface area (Å²) >= 11 is 1.90. The minimum absolute atomic E-state index is 0.147. The molecule has 0 unspecified atom stereocenters. The van der Waals surface area contributed by atoms with Gasteiger partial charge in [-0.05, 0) is 35.7 Å². The van der Waals surface area contributed by atoms with Crippen molar-refractivity contribution in [2.24, 2.45) is 10.9 Å². The summed E-state index contributed by atoms with van der Waals surface area (Å²) < 4.78 is 5.42. The van der Waals surface area contributed by atoms with Gasteiger partial charge in [-0.25, -0.2) is 0 Å². The fraction of sp³-hybridized carbons (Fsp3) is 0.312. The molecule has 0 aromatic heterocycles. The number of rotatable bonds is 3. The second kappa shape index (κ2) is 6.37. The minimum Gasteiger partial charge on any atom is -0.409 e. The van der Waals surface area contributed by atoms with Crippen molar-refractivity contribution >= 4 is 28.4 Å². The van der Waals surface area contributed by atoms with Crippen LogP contribution in [0.3, 0.4) is 0 Å². The number of benzene rings is 2. The van der Waals surface area contributed by atoms with Crippen molar-refractivity contribution in [3.05, 3.63) is 42.0 Å². The van der Waals surface area contributed by atoms with Crippen LogP contribution in [0.2, 0.25) is 0 Å². The number of thioether (sulfide) groups is 1. The predicted molar refractivity (Wildman–Crippen MR) is 86.2 cm³/mol. The van der Waals surface area contributed by atoms with Gasteiger partial charge in [-0.2, -0.15) is 0 Å².